The topological polar surface area (TPSA) is 47.9 Å². The van der Waals surface area contributed by atoms with Crippen molar-refractivity contribution in [2.45, 2.75) is 13.5 Å². The van der Waals surface area contributed by atoms with Crippen molar-refractivity contribution >= 4 is 18.2 Å². The first kappa shape index (κ1) is 20.0. The minimum Gasteiger partial charge on any atom is -0.297 e. The van der Waals surface area contributed by atoms with Crippen LogP contribution in [0.1, 0.15) is 18.1 Å². The second kappa shape index (κ2) is 10.5. The van der Waals surface area contributed by atoms with Gasteiger partial charge in [-0.2, -0.15) is 5.10 Å². The number of carbonyl (C=O) groups is 1. The summed E-state index contributed by atoms with van der Waals surface area (Å²) >= 11 is 0. The van der Waals surface area contributed by atoms with Crippen LogP contribution in [-0.4, -0.2) is 54.6 Å². The number of rotatable bonds is 7. The van der Waals surface area contributed by atoms with Gasteiger partial charge in [-0.3, -0.25) is 14.6 Å². The van der Waals surface area contributed by atoms with Crippen LogP contribution in [0.4, 0.5) is 0 Å². The molecule has 1 N–H and O–H groups in total. The maximum absolute atomic E-state index is 12.1. The third kappa shape index (κ3) is 6.76. The normalized spacial score (nSPS) is 16.4. The molecule has 5 nitrogen and oxygen atoms in total. The minimum absolute atomic E-state index is 0.0692. The van der Waals surface area contributed by atoms with Crippen molar-refractivity contribution in [3.05, 3.63) is 77.4 Å². The van der Waals surface area contributed by atoms with E-state index in [0.29, 0.717) is 6.54 Å². The standard InChI is InChI=1S/C23H28N4O/c1-20(16-21-8-4-2-5-9-21)17-24-25-23(28)19-27-14-12-26(13-15-27)18-22-10-6-3-7-11-22/h2-11,16-17H,12-15,18-19H2,1H3,(H,25,28)/b20-16-,24-17-. The van der Waals surface area contributed by atoms with Crippen LogP contribution in [0, 0.1) is 0 Å². The molecule has 5 heteroatoms. The van der Waals surface area contributed by atoms with Gasteiger partial charge in [-0.1, -0.05) is 66.7 Å². The molecule has 0 radical (unpaired) electrons. The second-order valence-corrected chi connectivity index (χ2v) is 7.13. The van der Waals surface area contributed by atoms with Gasteiger partial charge in [0.05, 0.1) is 12.8 Å². The lowest BCUT2D eigenvalue weighted by Crippen LogP contribution is -2.48. The maximum atomic E-state index is 12.1. The Morgan fingerprint density at radius 3 is 2.25 bits per heavy atom. The minimum atomic E-state index is -0.0692. The van der Waals surface area contributed by atoms with Gasteiger partial charge in [-0.25, -0.2) is 5.43 Å². The molecule has 3 rings (SSSR count). The first-order valence-corrected chi connectivity index (χ1v) is 9.73. The monoisotopic (exact) mass is 376 g/mol. The molecule has 28 heavy (non-hydrogen) atoms. The zero-order valence-corrected chi connectivity index (χ0v) is 16.4. The fourth-order valence-electron chi connectivity index (χ4n) is 3.24. The third-order valence-corrected chi connectivity index (χ3v) is 4.73. The van der Waals surface area contributed by atoms with Crippen molar-refractivity contribution in [3.63, 3.8) is 0 Å². The molecule has 0 bridgehead atoms. The number of hydrogen-bond donors (Lipinski definition) is 1. The summed E-state index contributed by atoms with van der Waals surface area (Å²) < 4.78 is 0. The molecule has 1 amide bonds. The van der Waals surface area contributed by atoms with Crippen molar-refractivity contribution in [2.24, 2.45) is 5.10 Å². The number of piperazine rings is 1. The summed E-state index contributed by atoms with van der Waals surface area (Å²) in [5.74, 6) is -0.0692. The smallest absolute Gasteiger partial charge is 0.254 e. The van der Waals surface area contributed by atoms with Crippen LogP contribution in [0.15, 0.2) is 71.3 Å². The molecule has 146 valence electrons. The Morgan fingerprint density at radius 1 is 0.964 bits per heavy atom. The van der Waals surface area contributed by atoms with Crippen LogP contribution in [0.2, 0.25) is 0 Å². The van der Waals surface area contributed by atoms with Crippen LogP contribution in [-0.2, 0) is 11.3 Å². The van der Waals surface area contributed by atoms with Crippen LogP contribution in [0.5, 0.6) is 0 Å². The molecule has 0 spiro atoms. The number of amides is 1. The van der Waals surface area contributed by atoms with E-state index in [0.717, 1.165) is 43.9 Å². The highest BCUT2D eigenvalue weighted by atomic mass is 16.2. The lowest BCUT2D eigenvalue weighted by Gasteiger charge is -2.34. The van der Waals surface area contributed by atoms with E-state index >= 15 is 0 Å². The zero-order chi connectivity index (χ0) is 19.6. The van der Waals surface area contributed by atoms with Gasteiger partial charge in [0, 0.05) is 32.7 Å². The average molecular weight is 377 g/mol. The predicted molar refractivity (Wildman–Crippen MR) is 115 cm³/mol. The van der Waals surface area contributed by atoms with Gasteiger partial charge in [0.15, 0.2) is 0 Å². The summed E-state index contributed by atoms with van der Waals surface area (Å²) in [7, 11) is 0. The summed E-state index contributed by atoms with van der Waals surface area (Å²) in [6.45, 7) is 7.08. The number of hydrogen-bond acceptors (Lipinski definition) is 4. The Hall–Kier alpha value is -2.76. The molecule has 0 unspecified atom stereocenters. The fraction of sp³-hybridized carbons (Fsp3) is 0.304. The first-order valence-electron chi connectivity index (χ1n) is 9.73. The summed E-state index contributed by atoms with van der Waals surface area (Å²) in [6.07, 6.45) is 3.71. The Labute approximate surface area is 167 Å². The van der Waals surface area contributed by atoms with E-state index in [9.17, 15) is 4.79 Å². The Balaban J connectivity index is 1.37. The molecule has 1 aliphatic rings. The molecule has 0 atom stereocenters. The quantitative estimate of drug-likeness (QED) is 0.597. The molecule has 1 saturated heterocycles. The summed E-state index contributed by atoms with van der Waals surface area (Å²) in [5, 5.41) is 4.07. The van der Waals surface area contributed by atoms with Gasteiger partial charge in [0.25, 0.3) is 5.91 Å². The van der Waals surface area contributed by atoms with Gasteiger partial charge in [-0.05, 0) is 23.6 Å². The van der Waals surface area contributed by atoms with E-state index in [-0.39, 0.29) is 5.91 Å². The van der Waals surface area contributed by atoms with E-state index in [1.165, 1.54) is 5.56 Å². The molecule has 1 heterocycles. The SMILES string of the molecule is CC(/C=N\NC(=O)CN1CCN(Cc2ccccc2)CC1)=C/c1ccccc1. The average Bonchev–Trinajstić information content (AvgIpc) is 2.71. The number of carbonyl (C=O) groups excluding carboxylic acids is 1. The first-order chi connectivity index (χ1) is 13.7. The molecule has 1 fully saturated rings. The van der Waals surface area contributed by atoms with E-state index < -0.39 is 0 Å². The van der Waals surface area contributed by atoms with E-state index in [4.69, 9.17) is 0 Å². The van der Waals surface area contributed by atoms with Crippen LogP contribution >= 0.6 is 0 Å². The number of nitrogens with zero attached hydrogens (tertiary/aromatic N) is 3. The van der Waals surface area contributed by atoms with Crippen LogP contribution < -0.4 is 5.43 Å². The largest absolute Gasteiger partial charge is 0.297 e. The third-order valence-electron chi connectivity index (χ3n) is 4.73. The van der Waals surface area contributed by atoms with Crippen molar-refractivity contribution in [1.29, 1.82) is 0 Å². The van der Waals surface area contributed by atoms with Crippen molar-refractivity contribution < 1.29 is 4.79 Å². The molecule has 0 aromatic heterocycles. The zero-order valence-electron chi connectivity index (χ0n) is 16.4. The Kier molecular flexibility index (Phi) is 7.53. The maximum Gasteiger partial charge on any atom is 0.254 e. The molecular weight excluding hydrogens is 348 g/mol. The Bertz CT molecular complexity index is 794. The van der Waals surface area contributed by atoms with Crippen LogP contribution in [0.25, 0.3) is 6.08 Å². The number of nitrogens with one attached hydrogen (secondary N) is 1. The Morgan fingerprint density at radius 2 is 1.57 bits per heavy atom. The molecule has 1 aliphatic heterocycles. The van der Waals surface area contributed by atoms with Gasteiger partial charge in [0.2, 0.25) is 0 Å². The van der Waals surface area contributed by atoms with Crippen molar-refractivity contribution in [1.82, 2.24) is 15.2 Å². The van der Waals surface area contributed by atoms with E-state index in [1.54, 1.807) is 6.21 Å². The highest BCUT2D eigenvalue weighted by Gasteiger charge is 2.18. The van der Waals surface area contributed by atoms with Crippen LogP contribution in [0.3, 0.4) is 0 Å². The van der Waals surface area contributed by atoms with Crippen molar-refractivity contribution in [3.8, 4) is 0 Å². The lowest BCUT2D eigenvalue weighted by molar-refractivity contribution is -0.122. The summed E-state index contributed by atoms with van der Waals surface area (Å²) in [5.41, 5.74) is 6.07. The number of allylic oxidation sites excluding steroid dienone is 1. The van der Waals surface area contributed by atoms with Gasteiger partial charge in [0.1, 0.15) is 0 Å². The summed E-state index contributed by atoms with van der Waals surface area (Å²) in [4.78, 5) is 16.7. The molecule has 2 aromatic rings. The highest BCUT2D eigenvalue weighted by molar-refractivity contribution is 5.86. The molecule has 0 saturated carbocycles. The van der Waals surface area contributed by atoms with E-state index in [2.05, 4.69) is 44.6 Å². The van der Waals surface area contributed by atoms with Gasteiger partial charge < -0.3 is 0 Å². The molecule has 0 aliphatic carbocycles. The lowest BCUT2D eigenvalue weighted by atomic mass is 10.1. The predicted octanol–water partition coefficient (Wildman–Crippen LogP) is 3.01. The second-order valence-electron chi connectivity index (χ2n) is 7.13. The highest BCUT2D eigenvalue weighted by Crippen LogP contribution is 2.08. The van der Waals surface area contributed by atoms with E-state index in [1.807, 2.05) is 49.4 Å². The van der Waals surface area contributed by atoms with Gasteiger partial charge in [-0.15, -0.1) is 0 Å². The summed E-state index contributed by atoms with van der Waals surface area (Å²) in [6, 6.07) is 20.6. The van der Waals surface area contributed by atoms with Gasteiger partial charge >= 0.3 is 0 Å². The molecular formula is C23H28N4O. The molecule has 2 aromatic carbocycles. The number of hydrazone groups is 1. The number of benzene rings is 2. The fourth-order valence-corrected chi connectivity index (χ4v) is 3.24. The van der Waals surface area contributed by atoms with Crippen molar-refractivity contribution in [2.75, 3.05) is 32.7 Å².